The highest BCUT2D eigenvalue weighted by molar-refractivity contribution is 7.99. The number of ketones is 1. The number of carbonyl (C=O) groups is 1. The van der Waals surface area contributed by atoms with Crippen molar-refractivity contribution in [3.63, 3.8) is 0 Å². The van der Waals surface area contributed by atoms with E-state index in [-0.39, 0.29) is 5.78 Å². The van der Waals surface area contributed by atoms with Gasteiger partial charge in [0.25, 0.3) is 0 Å². The van der Waals surface area contributed by atoms with Crippen molar-refractivity contribution in [3.8, 4) is 5.75 Å². The Balaban J connectivity index is 1.99. The van der Waals surface area contributed by atoms with Gasteiger partial charge in [-0.25, -0.2) is 4.98 Å². The van der Waals surface area contributed by atoms with Gasteiger partial charge in [-0.3, -0.25) is 4.79 Å². The number of rotatable bonds is 5. The van der Waals surface area contributed by atoms with Crippen molar-refractivity contribution >= 4 is 17.5 Å². The topological polar surface area (TPSA) is 39.2 Å². The van der Waals surface area contributed by atoms with E-state index in [0.717, 1.165) is 5.03 Å². The number of thioether (sulfide) groups is 1. The van der Waals surface area contributed by atoms with Gasteiger partial charge >= 0.3 is 0 Å². The van der Waals surface area contributed by atoms with Crippen molar-refractivity contribution in [3.05, 3.63) is 54.2 Å². The molecular weight excluding hydrogens is 246 g/mol. The summed E-state index contributed by atoms with van der Waals surface area (Å²) in [6.07, 6.45) is 1.72. The van der Waals surface area contributed by atoms with E-state index in [1.807, 2.05) is 30.3 Å². The molecule has 0 amide bonds. The molecule has 0 aliphatic rings. The van der Waals surface area contributed by atoms with Gasteiger partial charge in [-0.15, -0.1) is 0 Å². The molecule has 1 aromatic heterocycles. The van der Waals surface area contributed by atoms with Crippen LogP contribution in [0.5, 0.6) is 5.75 Å². The van der Waals surface area contributed by atoms with Gasteiger partial charge in [-0.1, -0.05) is 30.0 Å². The molecule has 1 aromatic carbocycles. The number of hydrogen-bond acceptors (Lipinski definition) is 4. The summed E-state index contributed by atoms with van der Waals surface area (Å²) in [5.41, 5.74) is 0.665. The van der Waals surface area contributed by atoms with Gasteiger partial charge in [0.15, 0.2) is 5.78 Å². The first-order valence-electron chi connectivity index (χ1n) is 5.50. The summed E-state index contributed by atoms with van der Waals surface area (Å²) in [5, 5.41) is 0.855. The first-order chi connectivity index (χ1) is 8.79. The Morgan fingerprint density at radius 3 is 2.89 bits per heavy atom. The molecule has 0 spiro atoms. The molecule has 3 nitrogen and oxygen atoms in total. The quantitative estimate of drug-likeness (QED) is 0.611. The highest BCUT2D eigenvalue weighted by atomic mass is 32.2. The number of pyridine rings is 1. The Kier molecular flexibility index (Phi) is 4.36. The van der Waals surface area contributed by atoms with Crippen molar-refractivity contribution in [1.82, 2.24) is 4.98 Å². The highest BCUT2D eigenvalue weighted by Gasteiger charge is 2.07. The van der Waals surface area contributed by atoms with Gasteiger partial charge < -0.3 is 4.74 Å². The Hall–Kier alpha value is -1.81. The smallest absolute Gasteiger partial charge is 0.173 e. The summed E-state index contributed by atoms with van der Waals surface area (Å²) in [7, 11) is 1.59. The molecule has 0 N–H and O–H groups in total. The van der Waals surface area contributed by atoms with E-state index in [4.69, 9.17) is 4.74 Å². The molecule has 0 saturated heterocycles. The minimum atomic E-state index is 0.0737. The van der Waals surface area contributed by atoms with Crippen LogP contribution in [0.1, 0.15) is 10.4 Å². The average Bonchev–Trinajstić information content (AvgIpc) is 2.46. The molecule has 0 aliphatic heterocycles. The lowest BCUT2D eigenvalue weighted by Gasteiger charge is -2.03. The molecular formula is C14H13NO2S. The van der Waals surface area contributed by atoms with Crippen LogP contribution in [-0.4, -0.2) is 23.6 Å². The van der Waals surface area contributed by atoms with Crippen LogP contribution in [0.4, 0.5) is 0 Å². The molecule has 1 heterocycles. The number of hydrogen-bond donors (Lipinski definition) is 0. The second-order valence-electron chi connectivity index (χ2n) is 3.61. The molecule has 0 unspecified atom stereocenters. The maximum atomic E-state index is 12.0. The van der Waals surface area contributed by atoms with E-state index in [9.17, 15) is 4.79 Å². The molecule has 2 rings (SSSR count). The number of carbonyl (C=O) groups excluding carboxylic acids is 1. The molecule has 4 heteroatoms. The summed E-state index contributed by atoms with van der Waals surface area (Å²) in [5.74, 6) is 1.15. The molecule has 0 fully saturated rings. The van der Waals surface area contributed by atoms with Gasteiger partial charge in [0.05, 0.1) is 17.9 Å². The SMILES string of the molecule is COc1cccc(C(=O)CSc2ccccn2)c1. The van der Waals surface area contributed by atoms with Gasteiger partial charge in [0, 0.05) is 11.8 Å². The largest absolute Gasteiger partial charge is 0.497 e. The Morgan fingerprint density at radius 2 is 2.17 bits per heavy atom. The fourth-order valence-electron chi connectivity index (χ4n) is 1.45. The van der Waals surface area contributed by atoms with Crippen molar-refractivity contribution in [2.75, 3.05) is 12.9 Å². The predicted octanol–water partition coefficient (Wildman–Crippen LogP) is 3.07. The summed E-state index contributed by atoms with van der Waals surface area (Å²) in [4.78, 5) is 16.1. The van der Waals surface area contributed by atoms with E-state index in [0.29, 0.717) is 17.1 Å². The van der Waals surface area contributed by atoms with Crippen molar-refractivity contribution < 1.29 is 9.53 Å². The fourth-order valence-corrected chi connectivity index (χ4v) is 2.21. The van der Waals surface area contributed by atoms with E-state index in [1.54, 1.807) is 25.4 Å². The van der Waals surface area contributed by atoms with Gasteiger partial charge in [0.2, 0.25) is 0 Å². The van der Waals surface area contributed by atoms with E-state index < -0.39 is 0 Å². The molecule has 0 aliphatic carbocycles. The number of ether oxygens (including phenoxy) is 1. The summed E-state index contributed by atoms with van der Waals surface area (Å²) in [6.45, 7) is 0. The number of Topliss-reactive ketones (excluding diaryl/α,β-unsaturated/α-hetero) is 1. The van der Waals surface area contributed by atoms with Crippen LogP contribution in [0.15, 0.2) is 53.7 Å². The zero-order chi connectivity index (χ0) is 12.8. The van der Waals surface area contributed by atoms with Gasteiger partial charge in [-0.2, -0.15) is 0 Å². The van der Waals surface area contributed by atoms with Crippen LogP contribution in [0.25, 0.3) is 0 Å². The minimum absolute atomic E-state index is 0.0737. The molecule has 18 heavy (non-hydrogen) atoms. The van der Waals surface area contributed by atoms with Gasteiger partial charge in [0.1, 0.15) is 5.75 Å². The van der Waals surface area contributed by atoms with Gasteiger partial charge in [-0.05, 0) is 24.3 Å². The zero-order valence-electron chi connectivity index (χ0n) is 10.00. The number of benzene rings is 1. The third kappa shape index (κ3) is 3.34. The summed E-state index contributed by atoms with van der Waals surface area (Å²) in [6, 6.07) is 12.8. The molecule has 0 radical (unpaired) electrons. The molecule has 0 bridgehead atoms. The first-order valence-corrected chi connectivity index (χ1v) is 6.49. The number of nitrogens with zero attached hydrogens (tertiary/aromatic N) is 1. The Morgan fingerprint density at radius 1 is 1.28 bits per heavy atom. The van der Waals surface area contributed by atoms with Crippen LogP contribution in [-0.2, 0) is 0 Å². The maximum Gasteiger partial charge on any atom is 0.173 e. The van der Waals surface area contributed by atoms with Crippen molar-refractivity contribution in [2.24, 2.45) is 0 Å². The monoisotopic (exact) mass is 259 g/mol. The molecule has 0 atom stereocenters. The lowest BCUT2D eigenvalue weighted by molar-refractivity contribution is 0.102. The predicted molar refractivity (Wildman–Crippen MR) is 72.3 cm³/mol. The normalized spacial score (nSPS) is 10.1. The number of methoxy groups -OCH3 is 1. The van der Waals surface area contributed by atoms with Crippen LogP contribution in [0, 0.1) is 0 Å². The van der Waals surface area contributed by atoms with Crippen molar-refractivity contribution in [1.29, 1.82) is 0 Å². The molecule has 0 saturated carbocycles. The average molecular weight is 259 g/mol. The Bertz CT molecular complexity index is 528. The third-order valence-corrected chi connectivity index (χ3v) is 3.32. The zero-order valence-corrected chi connectivity index (χ0v) is 10.8. The molecule has 92 valence electrons. The summed E-state index contributed by atoms with van der Waals surface area (Å²) >= 11 is 1.44. The number of aromatic nitrogens is 1. The molecule has 2 aromatic rings. The summed E-state index contributed by atoms with van der Waals surface area (Å²) < 4.78 is 5.10. The standard InChI is InChI=1S/C14H13NO2S/c1-17-12-6-4-5-11(9-12)13(16)10-18-14-7-2-3-8-15-14/h2-9H,10H2,1H3. The maximum absolute atomic E-state index is 12.0. The van der Waals surface area contributed by atoms with Crippen LogP contribution < -0.4 is 4.74 Å². The lowest BCUT2D eigenvalue weighted by Crippen LogP contribution is -2.02. The van der Waals surface area contributed by atoms with Crippen LogP contribution >= 0.6 is 11.8 Å². The van der Waals surface area contributed by atoms with Crippen molar-refractivity contribution in [2.45, 2.75) is 5.03 Å². The third-order valence-electron chi connectivity index (χ3n) is 2.38. The Labute approximate surface area is 110 Å². The highest BCUT2D eigenvalue weighted by Crippen LogP contribution is 2.18. The first kappa shape index (κ1) is 12.6. The minimum Gasteiger partial charge on any atom is -0.497 e. The van der Waals surface area contributed by atoms with Crippen LogP contribution in [0.2, 0.25) is 0 Å². The van der Waals surface area contributed by atoms with E-state index in [2.05, 4.69) is 4.98 Å². The fraction of sp³-hybridized carbons (Fsp3) is 0.143. The van der Waals surface area contributed by atoms with E-state index in [1.165, 1.54) is 11.8 Å². The lowest BCUT2D eigenvalue weighted by atomic mass is 10.1. The second-order valence-corrected chi connectivity index (χ2v) is 4.61. The van der Waals surface area contributed by atoms with Crippen LogP contribution in [0.3, 0.4) is 0 Å². The van der Waals surface area contributed by atoms with E-state index >= 15 is 0 Å². The second kappa shape index (κ2) is 6.21.